The second kappa shape index (κ2) is 8.25. The van der Waals surface area contributed by atoms with E-state index in [1.807, 2.05) is 6.07 Å². The van der Waals surface area contributed by atoms with Crippen LogP contribution in [0.3, 0.4) is 0 Å². The fourth-order valence-corrected chi connectivity index (χ4v) is 1.55. The van der Waals surface area contributed by atoms with Crippen LogP contribution in [0.2, 0.25) is 0 Å². The lowest BCUT2D eigenvalue weighted by Gasteiger charge is -2.04. The van der Waals surface area contributed by atoms with Crippen molar-refractivity contribution in [1.29, 1.82) is 0 Å². The highest BCUT2D eigenvalue weighted by Gasteiger charge is 1.95. The van der Waals surface area contributed by atoms with Crippen molar-refractivity contribution in [2.24, 2.45) is 0 Å². The minimum atomic E-state index is -0.155. The summed E-state index contributed by atoms with van der Waals surface area (Å²) in [6, 6.07) is 6.77. The molecule has 90 valence electrons. The van der Waals surface area contributed by atoms with E-state index in [0.29, 0.717) is 0 Å². The first-order valence-corrected chi connectivity index (χ1v) is 5.77. The molecule has 16 heavy (non-hydrogen) atoms. The molecule has 0 aliphatic rings. The minimum Gasteiger partial charge on any atom is -0.385 e. The van der Waals surface area contributed by atoms with Gasteiger partial charge in [-0.2, -0.15) is 0 Å². The lowest BCUT2D eigenvalue weighted by Crippen LogP contribution is -2.18. The van der Waals surface area contributed by atoms with Crippen molar-refractivity contribution < 1.29 is 9.13 Å². The monoisotopic (exact) mass is 225 g/mol. The molecule has 2 nitrogen and oxygen atoms in total. The van der Waals surface area contributed by atoms with Gasteiger partial charge in [-0.05, 0) is 50.0 Å². The molecule has 1 aromatic carbocycles. The number of unbranched alkanes of at least 4 members (excludes halogenated alkanes) is 1. The summed E-state index contributed by atoms with van der Waals surface area (Å²) >= 11 is 0. The molecule has 0 aliphatic carbocycles. The summed E-state index contributed by atoms with van der Waals surface area (Å²) in [4.78, 5) is 0. The van der Waals surface area contributed by atoms with Crippen molar-refractivity contribution in [2.45, 2.75) is 19.3 Å². The molecule has 1 N–H and O–H groups in total. The summed E-state index contributed by atoms with van der Waals surface area (Å²) < 4.78 is 17.8. The maximum Gasteiger partial charge on any atom is 0.123 e. The lowest BCUT2D eigenvalue weighted by atomic mass is 10.1. The van der Waals surface area contributed by atoms with Gasteiger partial charge in [0, 0.05) is 13.7 Å². The standard InChI is InChI=1S/C13H20FNO/c1-16-10-3-2-8-15-9-7-12-5-4-6-13(14)11-12/h4-6,11,15H,2-3,7-10H2,1H3. The van der Waals surface area contributed by atoms with Crippen molar-refractivity contribution in [1.82, 2.24) is 5.32 Å². The van der Waals surface area contributed by atoms with Crippen LogP contribution in [0.15, 0.2) is 24.3 Å². The van der Waals surface area contributed by atoms with Gasteiger partial charge in [0.15, 0.2) is 0 Å². The number of ether oxygens (including phenoxy) is 1. The molecular formula is C13H20FNO. The Labute approximate surface area is 96.8 Å². The van der Waals surface area contributed by atoms with Crippen molar-refractivity contribution in [2.75, 3.05) is 26.8 Å². The maximum atomic E-state index is 12.8. The number of methoxy groups -OCH3 is 1. The third-order valence-corrected chi connectivity index (χ3v) is 2.43. The molecule has 0 spiro atoms. The normalized spacial score (nSPS) is 10.6. The van der Waals surface area contributed by atoms with Gasteiger partial charge in [-0.1, -0.05) is 12.1 Å². The van der Waals surface area contributed by atoms with E-state index in [9.17, 15) is 4.39 Å². The fourth-order valence-electron chi connectivity index (χ4n) is 1.55. The third-order valence-electron chi connectivity index (χ3n) is 2.43. The van der Waals surface area contributed by atoms with Crippen molar-refractivity contribution in [3.8, 4) is 0 Å². The van der Waals surface area contributed by atoms with Crippen LogP contribution in [0.5, 0.6) is 0 Å². The molecule has 0 atom stereocenters. The number of hydrogen-bond donors (Lipinski definition) is 1. The van der Waals surface area contributed by atoms with Crippen LogP contribution >= 0.6 is 0 Å². The molecule has 0 aliphatic heterocycles. The third kappa shape index (κ3) is 5.83. The number of rotatable bonds is 8. The van der Waals surface area contributed by atoms with Gasteiger partial charge in [-0.25, -0.2) is 4.39 Å². The van der Waals surface area contributed by atoms with Crippen molar-refractivity contribution in [3.63, 3.8) is 0 Å². The number of halogens is 1. The Balaban J connectivity index is 2.03. The molecule has 0 saturated carbocycles. The zero-order chi connectivity index (χ0) is 11.6. The first-order valence-electron chi connectivity index (χ1n) is 5.77. The Morgan fingerprint density at radius 2 is 2.12 bits per heavy atom. The fraction of sp³-hybridized carbons (Fsp3) is 0.538. The molecule has 0 bridgehead atoms. The van der Waals surface area contributed by atoms with Crippen LogP contribution in [0.25, 0.3) is 0 Å². The highest BCUT2D eigenvalue weighted by Crippen LogP contribution is 2.03. The Morgan fingerprint density at radius 1 is 1.25 bits per heavy atom. The summed E-state index contributed by atoms with van der Waals surface area (Å²) in [5.74, 6) is -0.155. The van der Waals surface area contributed by atoms with Gasteiger partial charge in [0.1, 0.15) is 5.82 Å². The Hall–Kier alpha value is -0.930. The molecule has 0 saturated heterocycles. The summed E-state index contributed by atoms with van der Waals surface area (Å²) in [5, 5.41) is 3.33. The SMILES string of the molecule is COCCCCNCCc1cccc(F)c1. The van der Waals surface area contributed by atoms with Crippen LogP contribution in [0, 0.1) is 5.82 Å². The van der Waals surface area contributed by atoms with E-state index in [0.717, 1.165) is 44.5 Å². The predicted octanol–water partition coefficient (Wildman–Crippen LogP) is 2.38. The Kier molecular flexibility index (Phi) is 6.77. The van der Waals surface area contributed by atoms with Gasteiger partial charge in [-0.15, -0.1) is 0 Å². The molecule has 0 heterocycles. The van der Waals surface area contributed by atoms with E-state index in [4.69, 9.17) is 4.74 Å². The van der Waals surface area contributed by atoms with Crippen LogP contribution in [0.1, 0.15) is 18.4 Å². The van der Waals surface area contributed by atoms with E-state index in [1.54, 1.807) is 19.2 Å². The molecule has 0 amide bonds. The average Bonchev–Trinajstić information content (AvgIpc) is 2.28. The van der Waals surface area contributed by atoms with E-state index in [-0.39, 0.29) is 5.82 Å². The molecule has 1 rings (SSSR count). The second-order valence-electron chi connectivity index (χ2n) is 3.83. The van der Waals surface area contributed by atoms with Crippen LogP contribution in [0.4, 0.5) is 4.39 Å². The van der Waals surface area contributed by atoms with E-state index >= 15 is 0 Å². The maximum absolute atomic E-state index is 12.8. The largest absolute Gasteiger partial charge is 0.385 e. The summed E-state index contributed by atoms with van der Waals surface area (Å²) in [7, 11) is 1.72. The molecule has 0 fully saturated rings. The molecule has 3 heteroatoms. The molecule has 0 aromatic heterocycles. The van der Waals surface area contributed by atoms with Crippen molar-refractivity contribution >= 4 is 0 Å². The molecular weight excluding hydrogens is 205 g/mol. The van der Waals surface area contributed by atoms with Gasteiger partial charge < -0.3 is 10.1 Å². The summed E-state index contributed by atoms with van der Waals surface area (Å²) in [5.41, 5.74) is 1.05. The zero-order valence-corrected chi connectivity index (χ0v) is 9.84. The smallest absolute Gasteiger partial charge is 0.123 e. The highest BCUT2D eigenvalue weighted by molar-refractivity contribution is 5.16. The quantitative estimate of drug-likeness (QED) is 0.686. The Morgan fingerprint density at radius 3 is 2.88 bits per heavy atom. The Bertz CT molecular complexity index is 291. The first-order chi connectivity index (χ1) is 7.83. The van der Waals surface area contributed by atoms with E-state index in [1.165, 1.54) is 6.07 Å². The van der Waals surface area contributed by atoms with Gasteiger partial charge in [0.05, 0.1) is 0 Å². The number of hydrogen-bond acceptors (Lipinski definition) is 2. The zero-order valence-electron chi connectivity index (χ0n) is 9.84. The van der Waals surface area contributed by atoms with Crippen LogP contribution < -0.4 is 5.32 Å². The summed E-state index contributed by atoms with van der Waals surface area (Å²) in [6.45, 7) is 2.72. The van der Waals surface area contributed by atoms with Crippen LogP contribution in [-0.2, 0) is 11.2 Å². The minimum absolute atomic E-state index is 0.155. The number of benzene rings is 1. The lowest BCUT2D eigenvalue weighted by molar-refractivity contribution is 0.192. The predicted molar refractivity (Wildman–Crippen MR) is 64.1 cm³/mol. The molecule has 0 radical (unpaired) electrons. The highest BCUT2D eigenvalue weighted by atomic mass is 19.1. The topological polar surface area (TPSA) is 21.3 Å². The first kappa shape index (κ1) is 13.1. The average molecular weight is 225 g/mol. The van der Waals surface area contributed by atoms with Gasteiger partial charge in [0.2, 0.25) is 0 Å². The van der Waals surface area contributed by atoms with E-state index < -0.39 is 0 Å². The molecule has 0 unspecified atom stereocenters. The second-order valence-corrected chi connectivity index (χ2v) is 3.83. The van der Waals surface area contributed by atoms with E-state index in [2.05, 4.69) is 5.32 Å². The number of nitrogens with one attached hydrogen (secondary N) is 1. The van der Waals surface area contributed by atoms with Crippen molar-refractivity contribution in [3.05, 3.63) is 35.6 Å². The van der Waals surface area contributed by atoms with Gasteiger partial charge in [-0.3, -0.25) is 0 Å². The van der Waals surface area contributed by atoms with Gasteiger partial charge >= 0.3 is 0 Å². The van der Waals surface area contributed by atoms with Gasteiger partial charge in [0.25, 0.3) is 0 Å². The molecule has 1 aromatic rings. The van der Waals surface area contributed by atoms with Crippen LogP contribution in [-0.4, -0.2) is 26.8 Å². The summed E-state index contributed by atoms with van der Waals surface area (Å²) in [6.07, 6.45) is 3.09.